The van der Waals surface area contributed by atoms with E-state index in [1.807, 2.05) is 13.8 Å². The zero-order valence-electron chi connectivity index (χ0n) is 5.47. The van der Waals surface area contributed by atoms with Gasteiger partial charge in [0.15, 0.2) is 0 Å². The van der Waals surface area contributed by atoms with Crippen LogP contribution in [0, 0.1) is 0 Å². The number of hydrogen-bond acceptors (Lipinski definition) is 2. The molecule has 0 saturated heterocycles. The molecule has 0 spiro atoms. The van der Waals surface area contributed by atoms with Gasteiger partial charge in [-0.2, -0.15) is 0 Å². The Hall–Kier alpha value is 0.150. The van der Waals surface area contributed by atoms with E-state index in [-0.39, 0.29) is 0 Å². The number of hydrogen-bond donors (Lipinski definition) is 1. The third kappa shape index (κ3) is 16.4. The molecule has 1 N–H and O–H groups in total. The predicted molar refractivity (Wildman–Crippen MR) is 34.2 cm³/mol. The second kappa shape index (κ2) is 10.2. The molecule has 0 aliphatic carbocycles. The summed E-state index contributed by atoms with van der Waals surface area (Å²) >= 11 is 0. The molecular formula is C4H13O3P. The third-order valence-corrected chi connectivity index (χ3v) is 0.803. The van der Waals surface area contributed by atoms with E-state index in [9.17, 15) is 4.57 Å². The molecule has 0 heterocycles. The SMILES string of the molecule is CC.CCO[PH](=O)O. The topological polar surface area (TPSA) is 46.5 Å². The van der Waals surface area contributed by atoms with Crippen molar-refractivity contribution in [1.82, 2.24) is 0 Å². The molecule has 3 nitrogen and oxygen atoms in total. The summed E-state index contributed by atoms with van der Waals surface area (Å²) in [5.41, 5.74) is 0. The van der Waals surface area contributed by atoms with Crippen LogP contribution in [0.1, 0.15) is 20.8 Å². The van der Waals surface area contributed by atoms with Crippen LogP contribution in [0.25, 0.3) is 0 Å². The molecule has 0 fully saturated rings. The van der Waals surface area contributed by atoms with Crippen molar-refractivity contribution in [2.45, 2.75) is 20.8 Å². The van der Waals surface area contributed by atoms with Gasteiger partial charge in [0.25, 0.3) is 0 Å². The minimum absolute atomic E-state index is 0.314. The van der Waals surface area contributed by atoms with E-state index in [4.69, 9.17) is 4.89 Å². The summed E-state index contributed by atoms with van der Waals surface area (Å²) in [6.07, 6.45) is 0. The highest BCUT2D eigenvalue weighted by Crippen LogP contribution is 2.12. The van der Waals surface area contributed by atoms with Gasteiger partial charge >= 0.3 is 8.25 Å². The molecule has 52 valence electrons. The highest BCUT2D eigenvalue weighted by atomic mass is 31.1. The second-order valence-corrected chi connectivity index (χ2v) is 1.52. The van der Waals surface area contributed by atoms with E-state index in [1.54, 1.807) is 6.92 Å². The lowest BCUT2D eigenvalue weighted by Crippen LogP contribution is -1.72. The van der Waals surface area contributed by atoms with Gasteiger partial charge in [-0.1, -0.05) is 13.8 Å². The summed E-state index contributed by atoms with van der Waals surface area (Å²) < 4.78 is 13.7. The van der Waals surface area contributed by atoms with Crippen molar-refractivity contribution in [2.24, 2.45) is 0 Å². The average Bonchev–Trinajstić information content (AvgIpc) is 1.72. The fourth-order valence-corrected chi connectivity index (χ4v) is 0.370. The van der Waals surface area contributed by atoms with E-state index in [2.05, 4.69) is 4.52 Å². The van der Waals surface area contributed by atoms with E-state index in [0.717, 1.165) is 0 Å². The van der Waals surface area contributed by atoms with Crippen LogP contribution in [-0.2, 0) is 9.09 Å². The normalized spacial score (nSPS) is 11.5. The first-order valence-electron chi connectivity index (χ1n) is 2.63. The molecule has 0 rings (SSSR count). The fourth-order valence-electron chi connectivity index (χ4n) is 0.123. The van der Waals surface area contributed by atoms with Crippen molar-refractivity contribution >= 4 is 8.25 Å². The number of rotatable bonds is 2. The smallest absolute Gasteiger partial charge is 0.316 e. The third-order valence-electron chi connectivity index (χ3n) is 0.268. The largest absolute Gasteiger partial charge is 0.326 e. The Kier molecular flexibility index (Phi) is 14.0. The summed E-state index contributed by atoms with van der Waals surface area (Å²) in [7, 11) is -2.64. The molecular weight excluding hydrogens is 127 g/mol. The average molecular weight is 140 g/mol. The molecule has 0 saturated carbocycles. The quantitative estimate of drug-likeness (QED) is 0.590. The van der Waals surface area contributed by atoms with Gasteiger partial charge < -0.3 is 9.42 Å². The van der Waals surface area contributed by atoms with Crippen LogP contribution >= 0.6 is 8.25 Å². The van der Waals surface area contributed by atoms with Gasteiger partial charge in [-0.3, -0.25) is 4.57 Å². The first-order valence-corrected chi connectivity index (χ1v) is 3.89. The van der Waals surface area contributed by atoms with Crippen LogP contribution in [0.4, 0.5) is 0 Å². The summed E-state index contributed by atoms with van der Waals surface area (Å²) in [6.45, 7) is 5.98. The molecule has 0 radical (unpaired) electrons. The van der Waals surface area contributed by atoms with E-state index in [0.29, 0.717) is 6.61 Å². The van der Waals surface area contributed by atoms with Crippen LogP contribution < -0.4 is 0 Å². The molecule has 8 heavy (non-hydrogen) atoms. The Labute approximate surface area is 50.6 Å². The van der Waals surface area contributed by atoms with Gasteiger partial charge in [-0.25, -0.2) is 0 Å². The highest BCUT2D eigenvalue weighted by molar-refractivity contribution is 7.32. The van der Waals surface area contributed by atoms with Crippen molar-refractivity contribution in [3.05, 3.63) is 0 Å². The first kappa shape index (κ1) is 11.0. The Morgan fingerprint density at radius 2 is 2.00 bits per heavy atom. The maximum Gasteiger partial charge on any atom is 0.316 e. The first-order chi connectivity index (χ1) is 3.77. The van der Waals surface area contributed by atoms with Crippen LogP contribution in [-0.4, -0.2) is 11.5 Å². The zero-order valence-corrected chi connectivity index (χ0v) is 6.47. The molecule has 0 aliphatic heterocycles. The molecule has 0 aromatic carbocycles. The predicted octanol–water partition coefficient (Wildman–Crippen LogP) is 1.43. The highest BCUT2D eigenvalue weighted by Gasteiger charge is 1.81. The summed E-state index contributed by atoms with van der Waals surface area (Å²) in [5.74, 6) is 0. The van der Waals surface area contributed by atoms with Crippen molar-refractivity contribution in [2.75, 3.05) is 6.61 Å². The van der Waals surface area contributed by atoms with Gasteiger partial charge in [-0.05, 0) is 6.92 Å². The summed E-state index contributed by atoms with van der Waals surface area (Å²) in [5, 5.41) is 0. The van der Waals surface area contributed by atoms with Gasteiger partial charge in [0.1, 0.15) is 0 Å². The summed E-state index contributed by atoms with van der Waals surface area (Å²) in [4.78, 5) is 7.88. The van der Waals surface area contributed by atoms with Crippen molar-refractivity contribution in [3.8, 4) is 0 Å². The molecule has 0 bridgehead atoms. The van der Waals surface area contributed by atoms with Crippen molar-refractivity contribution in [1.29, 1.82) is 0 Å². The minimum Gasteiger partial charge on any atom is -0.326 e. The molecule has 0 aromatic rings. The minimum atomic E-state index is -2.64. The Bertz CT molecular complexity index is 55.2. The fraction of sp³-hybridized carbons (Fsp3) is 1.00. The van der Waals surface area contributed by atoms with Gasteiger partial charge in [-0.15, -0.1) is 0 Å². The molecule has 0 aliphatic rings. The zero-order chi connectivity index (χ0) is 6.99. The maximum absolute atomic E-state index is 9.56. The molecule has 0 amide bonds. The molecule has 4 heteroatoms. The standard InChI is InChI=1S/C2H7O3P.C2H6/c1-2-5-6(3)4;1-2/h6H,2H2,1H3,(H,3,4);1-2H3. The van der Waals surface area contributed by atoms with E-state index in [1.165, 1.54) is 0 Å². The van der Waals surface area contributed by atoms with Crippen LogP contribution in [0.5, 0.6) is 0 Å². The van der Waals surface area contributed by atoms with E-state index < -0.39 is 8.25 Å². The van der Waals surface area contributed by atoms with Crippen LogP contribution in [0.15, 0.2) is 0 Å². The van der Waals surface area contributed by atoms with Crippen LogP contribution in [0.2, 0.25) is 0 Å². The molecule has 1 unspecified atom stereocenters. The second-order valence-electron chi connectivity index (χ2n) is 0.699. The van der Waals surface area contributed by atoms with Crippen LogP contribution in [0.3, 0.4) is 0 Å². The van der Waals surface area contributed by atoms with Crippen molar-refractivity contribution < 1.29 is 14.0 Å². The van der Waals surface area contributed by atoms with E-state index >= 15 is 0 Å². The molecule has 0 aromatic heterocycles. The maximum atomic E-state index is 9.56. The van der Waals surface area contributed by atoms with Gasteiger partial charge in [0, 0.05) is 0 Å². The van der Waals surface area contributed by atoms with Crippen molar-refractivity contribution in [3.63, 3.8) is 0 Å². The lowest BCUT2D eigenvalue weighted by molar-refractivity contribution is 0.297. The molecule has 1 atom stereocenters. The van der Waals surface area contributed by atoms with Gasteiger partial charge in [0.05, 0.1) is 6.61 Å². The Morgan fingerprint density at radius 1 is 1.62 bits per heavy atom. The monoisotopic (exact) mass is 140 g/mol. The van der Waals surface area contributed by atoms with Gasteiger partial charge in [0.2, 0.25) is 0 Å². The Morgan fingerprint density at radius 3 is 2.00 bits per heavy atom. The summed E-state index contributed by atoms with van der Waals surface area (Å²) in [6, 6.07) is 0. The Balaban J connectivity index is 0. The lowest BCUT2D eigenvalue weighted by Gasteiger charge is -1.86. The lowest BCUT2D eigenvalue weighted by atomic mass is 10.9.